The maximum atomic E-state index is 13.7. The molecule has 1 atom stereocenters. The lowest BCUT2D eigenvalue weighted by Crippen LogP contribution is -2.55. The van der Waals surface area contributed by atoms with Crippen molar-refractivity contribution in [2.75, 3.05) is 19.6 Å². The van der Waals surface area contributed by atoms with Crippen LogP contribution in [0.4, 0.5) is 13.2 Å². The Kier molecular flexibility index (Phi) is 5.83. The Morgan fingerprint density at radius 2 is 1.79 bits per heavy atom. The number of carbonyl (C=O) groups is 1. The number of carbonyl (C=O) groups excluding carboxylic acids is 1. The number of rotatable bonds is 4. The average Bonchev–Trinajstić information content (AvgIpc) is 3.57. The molecule has 0 radical (unpaired) electrons. The summed E-state index contributed by atoms with van der Waals surface area (Å²) in [4.78, 5) is 16.1. The zero-order valence-electron chi connectivity index (χ0n) is 17.9. The van der Waals surface area contributed by atoms with Crippen LogP contribution in [0, 0.1) is 0 Å². The molecule has 2 aromatic heterocycles. The third-order valence-electron chi connectivity index (χ3n) is 7.04. The van der Waals surface area contributed by atoms with Gasteiger partial charge < -0.3 is 15.1 Å². The molecule has 0 bridgehead atoms. The molecule has 1 saturated heterocycles. The fraction of sp³-hybridized carbons (Fsp3) is 0.636. The second-order valence-corrected chi connectivity index (χ2v) is 9.71. The van der Waals surface area contributed by atoms with Gasteiger partial charge in [-0.1, -0.05) is 11.6 Å². The number of aliphatic hydroxyl groups is 2. The maximum absolute atomic E-state index is 13.7. The van der Waals surface area contributed by atoms with E-state index in [9.17, 15) is 28.2 Å². The van der Waals surface area contributed by atoms with Crippen molar-refractivity contribution >= 4 is 23.0 Å². The first-order valence-electron chi connectivity index (χ1n) is 11.3. The van der Waals surface area contributed by atoms with E-state index in [0.29, 0.717) is 31.5 Å². The van der Waals surface area contributed by atoms with Crippen molar-refractivity contribution < 1.29 is 28.2 Å². The maximum Gasteiger partial charge on any atom is 0.433 e. The number of nitrogens with zero attached hydrogens (tertiary/aromatic N) is 4. The molecule has 2 aliphatic carbocycles. The Hall–Kier alpha value is -1.88. The lowest BCUT2D eigenvalue weighted by molar-refractivity contribution is -0.146. The average molecular weight is 487 g/mol. The highest BCUT2D eigenvalue weighted by molar-refractivity contribution is 6.34. The first-order chi connectivity index (χ1) is 15.6. The van der Waals surface area contributed by atoms with Crippen molar-refractivity contribution in [3.8, 4) is 0 Å². The Balaban J connectivity index is 1.39. The van der Waals surface area contributed by atoms with Gasteiger partial charge in [0.15, 0.2) is 6.23 Å². The molecule has 2 saturated carbocycles. The highest BCUT2D eigenvalue weighted by Gasteiger charge is 2.39. The molecule has 1 unspecified atom stereocenters. The normalized spacial score (nSPS) is 26.2. The number of halogens is 4. The molecular formula is C22H26ClF3N4O3. The third-order valence-corrected chi connectivity index (χ3v) is 7.43. The van der Waals surface area contributed by atoms with Gasteiger partial charge in [-0.25, -0.2) is 4.52 Å². The van der Waals surface area contributed by atoms with Crippen LogP contribution in [0.15, 0.2) is 12.1 Å². The van der Waals surface area contributed by atoms with E-state index in [1.54, 1.807) is 11.0 Å². The van der Waals surface area contributed by atoms with Crippen molar-refractivity contribution in [3.05, 3.63) is 34.1 Å². The van der Waals surface area contributed by atoms with Crippen LogP contribution in [0.2, 0.25) is 5.02 Å². The molecule has 5 rings (SSSR count). The van der Waals surface area contributed by atoms with Crippen LogP contribution in [0.5, 0.6) is 0 Å². The van der Waals surface area contributed by atoms with E-state index in [1.807, 2.05) is 0 Å². The van der Waals surface area contributed by atoms with Crippen LogP contribution in [0.25, 0.3) is 5.52 Å². The topological polar surface area (TPSA) is 81.3 Å². The van der Waals surface area contributed by atoms with Crippen LogP contribution >= 0.6 is 11.6 Å². The fourth-order valence-corrected chi connectivity index (χ4v) is 5.29. The minimum absolute atomic E-state index is 0.0355. The summed E-state index contributed by atoms with van der Waals surface area (Å²) >= 11 is 6.43. The summed E-state index contributed by atoms with van der Waals surface area (Å²) in [5, 5.41) is 24.6. The van der Waals surface area contributed by atoms with Gasteiger partial charge in [0, 0.05) is 19.1 Å². The Morgan fingerprint density at radius 1 is 1.09 bits per heavy atom. The summed E-state index contributed by atoms with van der Waals surface area (Å²) in [6.07, 6.45) is -1.91. The third kappa shape index (κ3) is 4.34. The van der Waals surface area contributed by atoms with E-state index in [4.69, 9.17) is 11.6 Å². The minimum atomic E-state index is -4.63. The number of amides is 1. The van der Waals surface area contributed by atoms with Crippen molar-refractivity contribution in [3.63, 3.8) is 0 Å². The molecular weight excluding hydrogens is 461 g/mol. The minimum Gasteiger partial charge on any atom is -0.393 e. The van der Waals surface area contributed by atoms with Crippen LogP contribution in [0.3, 0.4) is 0 Å². The largest absolute Gasteiger partial charge is 0.433 e. The zero-order valence-corrected chi connectivity index (χ0v) is 18.7. The molecule has 1 amide bonds. The molecule has 3 heterocycles. The molecule has 0 spiro atoms. The molecule has 2 aromatic rings. The molecule has 180 valence electrons. The van der Waals surface area contributed by atoms with Gasteiger partial charge in [-0.05, 0) is 62.1 Å². The van der Waals surface area contributed by atoms with Gasteiger partial charge in [0.2, 0.25) is 5.91 Å². The van der Waals surface area contributed by atoms with Crippen LogP contribution < -0.4 is 0 Å². The van der Waals surface area contributed by atoms with Crippen molar-refractivity contribution in [2.24, 2.45) is 0 Å². The first kappa shape index (κ1) is 22.9. The van der Waals surface area contributed by atoms with E-state index in [0.717, 1.165) is 36.3 Å². The number of aliphatic hydroxyl groups excluding tert-OH is 2. The number of pyridine rings is 1. The number of hydrogen-bond acceptors (Lipinski definition) is 5. The quantitative estimate of drug-likeness (QED) is 0.693. The first-order valence-corrected chi connectivity index (χ1v) is 11.7. The van der Waals surface area contributed by atoms with Gasteiger partial charge in [0.05, 0.1) is 23.2 Å². The van der Waals surface area contributed by atoms with Gasteiger partial charge in [0.25, 0.3) is 0 Å². The highest BCUT2D eigenvalue weighted by Crippen LogP contribution is 2.44. The summed E-state index contributed by atoms with van der Waals surface area (Å²) in [6.45, 7) is 0.654. The highest BCUT2D eigenvalue weighted by atomic mass is 35.5. The molecule has 3 fully saturated rings. The summed E-state index contributed by atoms with van der Waals surface area (Å²) < 4.78 is 41.9. The summed E-state index contributed by atoms with van der Waals surface area (Å²) in [5.74, 6) is -0.0735. The molecule has 0 aromatic carbocycles. The predicted octanol–water partition coefficient (Wildman–Crippen LogP) is 3.32. The van der Waals surface area contributed by atoms with Gasteiger partial charge in [-0.2, -0.15) is 18.3 Å². The van der Waals surface area contributed by atoms with Crippen molar-refractivity contribution in [1.82, 2.24) is 19.4 Å². The second-order valence-electron chi connectivity index (χ2n) is 9.34. The van der Waals surface area contributed by atoms with E-state index < -0.39 is 18.1 Å². The molecule has 33 heavy (non-hydrogen) atoms. The molecule has 11 heteroatoms. The number of piperazine rings is 1. The van der Waals surface area contributed by atoms with Gasteiger partial charge >= 0.3 is 6.18 Å². The summed E-state index contributed by atoms with van der Waals surface area (Å²) in [6, 6.07) is 2.78. The molecule has 2 N–H and O–H groups in total. The number of alkyl halides is 3. The van der Waals surface area contributed by atoms with Gasteiger partial charge in [0.1, 0.15) is 11.4 Å². The molecule has 1 aliphatic heterocycles. The predicted molar refractivity (Wildman–Crippen MR) is 114 cm³/mol. The second kappa shape index (κ2) is 8.41. The Bertz CT molecular complexity index is 1060. The Labute approximate surface area is 193 Å². The smallest absolute Gasteiger partial charge is 0.393 e. The van der Waals surface area contributed by atoms with E-state index in [-0.39, 0.29) is 46.7 Å². The number of fused-ring (bicyclic) bond motifs is 1. The van der Waals surface area contributed by atoms with Crippen molar-refractivity contribution in [2.45, 2.75) is 69.0 Å². The van der Waals surface area contributed by atoms with Crippen molar-refractivity contribution in [1.29, 1.82) is 0 Å². The van der Waals surface area contributed by atoms with E-state index in [1.165, 1.54) is 4.90 Å². The molecule has 7 nitrogen and oxygen atoms in total. The van der Waals surface area contributed by atoms with Gasteiger partial charge in [-0.3, -0.25) is 9.69 Å². The fourth-order valence-electron chi connectivity index (χ4n) is 5.02. The molecule has 3 aliphatic rings. The van der Waals surface area contributed by atoms with E-state index in [2.05, 4.69) is 5.10 Å². The monoisotopic (exact) mass is 486 g/mol. The summed E-state index contributed by atoms with van der Waals surface area (Å²) in [7, 11) is 0. The zero-order chi connectivity index (χ0) is 23.5. The van der Waals surface area contributed by atoms with E-state index >= 15 is 0 Å². The summed E-state index contributed by atoms with van der Waals surface area (Å²) in [5.41, 5.74) is -0.341. The lowest BCUT2D eigenvalue weighted by atomic mass is 9.91. The Morgan fingerprint density at radius 3 is 2.39 bits per heavy atom. The lowest BCUT2D eigenvalue weighted by Gasteiger charge is -2.42. The number of aromatic nitrogens is 2. The number of hydrogen-bond donors (Lipinski definition) is 2. The van der Waals surface area contributed by atoms with Crippen LogP contribution in [0.1, 0.15) is 67.6 Å². The van der Waals surface area contributed by atoms with Crippen LogP contribution in [-0.2, 0) is 11.0 Å². The van der Waals surface area contributed by atoms with Gasteiger partial charge in [-0.15, -0.1) is 0 Å². The SMILES string of the molecule is O=C1CN(C(O)c2nn3c(C(F)(F)F)cc(C4CC4)cc3c2Cl)CCN1C1CCC(O)CC1. The standard InChI is InChI=1S/C22H26ClF3N4O3/c23-19-16-9-13(12-1-2-12)10-17(22(24,25)26)30(16)27-20(19)21(33)28-7-8-29(18(32)11-28)14-3-5-15(31)6-4-14/h9-10,12,14-15,21,31,33H,1-8,11H2. The van der Waals surface area contributed by atoms with Crippen LogP contribution in [-0.4, -0.2) is 67.3 Å².